The van der Waals surface area contributed by atoms with Crippen molar-refractivity contribution in [2.75, 3.05) is 18.0 Å². The zero-order valence-corrected chi connectivity index (χ0v) is 28.9. The number of rotatable bonds is 14. The van der Waals surface area contributed by atoms with Crippen LogP contribution in [0.2, 0.25) is 0 Å². The summed E-state index contributed by atoms with van der Waals surface area (Å²) in [5.74, 6) is -0.209. The van der Waals surface area contributed by atoms with Crippen LogP contribution in [0.15, 0.2) is 102 Å². The molecule has 0 heterocycles. The van der Waals surface area contributed by atoms with E-state index in [2.05, 4.69) is 5.32 Å². The van der Waals surface area contributed by atoms with Gasteiger partial charge in [0.15, 0.2) is 0 Å². The van der Waals surface area contributed by atoms with Crippen molar-refractivity contribution >= 4 is 27.5 Å². The number of anilines is 1. The molecule has 0 saturated carbocycles. The smallest absolute Gasteiger partial charge is 0.264 e. The highest BCUT2D eigenvalue weighted by atomic mass is 32.2. The van der Waals surface area contributed by atoms with Crippen molar-refractivity contribution in [3.05, 3.63) is 125 Å². The second-order valence-corrected chi connectivity index (χ2v) is 13.9. The molecule has 248 valence electrons. The molecule has 2 amide bonds. The molecular weight excluding hydrogens is 611 g/mol. The average Bonchev–Trinajstić information content (AvgIpc) is 3.05. The van der Waals surface area contributed by atoms with E-state index in [1.807, 2.05) is 95.3 Å². The van der Waals surface area contributed by atoms with E-state index in [1.54, 1.807) is 43.5 Å². The number of benzene rings is 4. The van der Waals surface area contributed by atoms with Crippen LogP contribution in [0.4, 0.5) is 5.69 Å². The Bertz CT molecular complexity index is 1750. The van der Waals surface area contributed by atoms with Gasteiger partial charge in [-0.15, -0.1) is 0 Å². The van der Waals surface area contributed by atoms with Gasteiger partial charge in [0.2, 0.25) is 11.8 Å². The van der Waals surface area contributed by atoms with Crippen LogP contribution in [0, 0.1) is 20.8 Å². The standard InChI is InChI=1S/C38H45N3O5S/c1-7-30(5)39-38(43)36(24-31-12-9-8-10-13-31)40(25-32-14-11-15-34(23-32)46-6)37(42)26-41(33-21-28(3)20-29(4)22-33)47(44,45)35-18-16-27(2)17-19-35/h8-23,30,36H,7,24-26H2,1-6H3,(H,39,43)/t30-,36+/m0/s1. The minimum atomic E-state index is -4.18. The lowest BCUT2D eigenvalue weighted by Crippen LogP contribution is -2.54. The summed E-state index contributed by atoms with van der Waals surface area (Å²) in [6.07, 6.45) is 0.954. The molecule has 47 heavy (non-hydrogen) atoms. The number of methoxy groups -OCH3 is 1. The van der Waals surface area contributed by atoms with E-state index >= 15 is 0 Å². The maximum Gasteiger partial charge on any atom is 0.264 e. The van der Waals surface area contributed by atoms with Crippen LogP contribution in [0.5, 0.6) is 5.75 Å². The van der Waals surface area contributed by atoms with Crippen molar-refractivity contribution in [1.82, 2.24) is 10.2 Å². The molecule has 2 atom stereocenters. The molecule has 0 aromatic heterocycles. The summed E-state index contributed by atoms with van der Waals surface area (Å²) in [4.78, 5) is 30.3. The molecule has 0 aliphatic heterocycles. The normalized spacial score (nSPS) is 12.6. The van der Waals surface area contributed by atoms with Gasteiger partial charge in [0.1, 0.15) is 18.3 Å². The number of hydrogen-bond donors (Lipinski definition) is 1. The lowest BCUT2D eigenvalue weighted by molar-refractivity contribution is -0.140. The highest BCUT2D eigenvalue weighted by Gasteiger charge is 2.35. The fourth-order valence-electron chi connectivity index (χ4n) is 5.42. The van der Waals surface area contributed by atoms with Crippen molar-refractivity contribution in [2.24, 2.45) is 0 Å². The molecular formula is C38H45N3O5S. The number of aryl methyl sites for hydroxylation is 3. The van der Waals surface area contributed by atoms with E-state index < -0.39 is 28.5 Å². The van der Waals surface area contributed by atoms with Crippen LogP contribution in [-0.2, 0) is 32.6 Å². The van der Waals surface area contributed by atoms with E-state index in [0.29, 0.717) is 17.9 Å². The Morgan fingerprint density at radius 1 is 0.809 bits per heavy atom. The molecule has 4 aromatic carbocycles. The predicted molar refractivity (Wildman–Crippen MR) is 187 cm³/mol. The highest BCUT2D eigenvalue weighted by Crippen LogP contribution is 2.27. The van der Waals surface area contributed by atoms with Gasteiger partial charge in [-0.2, -0.15) is 0 Å². The summed E-state index contributed by atoms with van der Waals surface area (Å²) < 4.78 is 35.2. The number of ether oxygens (including phenoxy) is 1. The number of nitrogens with zero attached hydrogens (tertiary/aromatic N) is 2. The van der Waals surface area contributed by atoms with Crippen molar-refractivity contribution in [2.45, 2.75) is 71.0 Å². The second kappa shape index (κ2) is 15.8. The van der Waals surface area contributed by atoms with Crippen LogP contribution in [0.1, 0.15) is 48.1 Å². The first-order chi connectivity index (χ1) is 22.4. The van der Waals surface area contributed by atoms with Gasteiger partial charge >= 0.3 is 0 Å². The highest BCUT2D eigenvalue weighted by molar-refractivity contribution is 7.92. The van der Waals surface area contributed by atoms with Gasteiger partial charge in [-0.3, -0.25) is 13.9 Å². The predicted octanol–water partition coefficient (Wildman–Crippen LogP) is 6.37. The third-order valence-electron chi connectivity index (χ3n) is 8.14. The van der Waals surface area contributed by atoms with Gasteiger partial charge < -0.3 is 15.0 Å². The minimum Gasteiger partial charge on any atom is -0.497 e. The van der Waals surface area contributed by atoms with Crippen LogP contribution < -0.4 is 14.4 Å². The maximum absolute atomic E-state index is 14.7. The number of amides is 2. The van der Waals surface area contributed by atoms with Gasteiger partial charge in [0.05, 0.1) is 17.7 Å². The van der Waals surface area contributed by atoms with E-state index in [-0.39, 0.29) is 29.8 Å². The topological polar surface area (TPSA) is 96.0 Å². The van der Waals surface area contributed by atoms with Crippen LogP contribution >= 0.6 is 0 Å². The second-order valence-electron chi connectivity index (χ2n) is 12.1. The zero-order valence-electron chi connectivity index (χ0n) is 28.1. The Labute approximate surface area is 279 Å². The van der Waals surface area contributed by atoms with E-state index in [4.69, 9.17) is 4.74 Å². The third-order valence-corrected chi connectivity index (χ3v) is 9.93. The summed E-state index contributed by atoms with van der Waals surface area (Å²) in [6, 6.07) is 27.8. The van der Waals surface area contributed by atoms with Crippen molar-refractivity contribution in [3.8, 4) is 5.75 Å². The fourth-order valence-corrected chi connectivity index (χ4v) is 6.82. The number of carbonyl (C=O) groups excluding carboxylic acids is 2. The van der Waals surface area contributed by atoms with Crippen LogP contribution in [-0.4, -0.2) is 50.9 Å². The lowest BCUT2D eigenvalue weighted by atomic mass is 10.0. The molecule has 0 saturated heterocycles. The zero-order chi connectivity index (χ0) is 34.1. The van der Waals surface area contributed by atoms with Gasteiger partial charge in [-0.05, 0) is 92.8 Å². The number of nitrogens with one attached hydrogen (secondary N) is 1. The first-order valence-electron chi connectivity index (χ1n) is 15.9. The third kappa shape index (κ3) is 9.23. The maximum atomic E-state index is 14.7. The molecule has 0 bridgehead atoms. The molecule has 1 N–H and O–H groups in total. The van der Waals surface area contributed by atoms with Crippen LogP contribution in [0.25, 0.3) is 0 Å². The molecule has 4 aromatic rings. The molecule has 0 aliphatic carbocycles. The SMILES string of the molecule is CC[C@H](C)NC(=O)[C@@H](Cc1ccccc1)N(Cc1cccc(OC)c1)C(=O)CN(c1cc(C)cc(C)c1)S(=O)(=O)c1ccc(C)cc1. The first kappa shape index (κ1) is 35.2. The lowest BCUT2D eigenvalue weighted by Gasteiger charge is -2.34. The van der Waals surface area contributed by atoms with Crippen molar-refractivity contribution < 1.29 is 22.7 Å². The van der Waals surface area contributed by atoms with E-state index in [0.717, 1.165) is 32.1 Å². The molecule has 9 heteroatoms. The average molecular weight is 656 g/mol. The Morgan fingerprint density at radius 2 is 1.45 bits per heavy atom. The quantitative estimate of drug-likeness (QED) is 0.170. The number of carbonyl (C=O) groups is 2. The fraction of sp³-hybridized carbons (Fsp3) is 0.316. The molecule has 0 radical (unpaired) electrons. The summed E-state index contributed by atoms with van der Waals surface area (Å²) in [7, 11) is -2.61. The first-order valence-corrected chi connectivity index (χ1v) is 17.3. The molecule has 8 nitrogen and oxygen atoms in total. The van der Waals surface area contributed by atoms with Gasteiger partial charge in [-0.25, -0.2) is 8.42 Å². The molecule has 0 spiro atoms. The van der Waals surface area contributed by atoms with Gasteiger partial charge in [0.25, 0.3) is 10.0 Å². The number of sulfonamides is 1. The molecule has 0 unspecified atom stereocenters. The Balaban J connectivity index is 1.84. The van der Waals surface area contributed by atoms with E-state index in [9.17, 15) is 18.0 Å². The summed E-state index contributed by atoms with van der Waals surface area (Å²) in [5, 5.41) is 3.07. The Morgan fingerprint density at radius 3 is 2.06 bits per heavy atom. The molecule has 0 fully saturated rings. The van der Waals surface area contributed by atoms with Gasteiger partial charge in [-0.1, -0.05) is 73.2 Å². The Kier molecular flexibility index (Phi) is 11.8. The molecule has 4 rings (SSSR count). The largest absolute Gasteiger partial charge is 0.497 e. The monoisotopic (exact) mass is 655 g/mol. The van der Waals surface area contributed by atoms with Crippen molar-refractivity contribution in [1.29, 1.82) is 0 Å². The van der Waals surface area contributed by atoms with Gasteiger partial charge in [0, 0.05) is 19.0 Å². The van der Waals surface area contributed by atoms with Crippen molar-refractivity contribution in [3.63, 3.8) is 0 Å². The Hall–Kier alpha value is -4.63. The molecule has 0 aliphatic rings. The minimum absolute atomic E-state index is 0.0622. The van der Waals surface area contributed by atoms with E-state index in [1.165, 1.54) is 4.90 Å². The number of hydrogen-bond acceptors (Lipinski definition) is 5. The van der Waals surface area contributed by atoms with Crippen LogP contribution in [0.3, 0.4) is 0 Å². The summed E-state index contributed by atoms with van der Waals surface area (Å²) in [6.45, 7) is 9.11. The summed E-state index contributed by atoms with van der Waals surface area (Å²) >= 11 is 0. The summed E-state index contributed by atoms with van der Waals surface area (Å²) in [5.41, 5.74) is 4.63.